The van der Waals surface area contributed by atoms with Crippen LogP contribution in [0.1, 0.15) is 29.5 Å². The lowest BCUT2D eigenvalue weighted by Gasteiger charge is -2.11. The van der Waals surface area contributed by atoms with E-state index in [1.54, 1.807) is 6.07 Å². The highest BCUT2D eigenvalue weighted by atomic mass is 79.9. The van der Waals surface area contributed by atoms with Crippen molar-refractivity contribution in [1.82, 2.24) is 10.2 Å². The Bertz CT molecular complexity index is 864. The van der Waals surface area contributed by atoms with Crippen molar-refractivity contribution < 1.29 is 17.9 Å². The van der Waals surface area contributed by atoms with E-state index in [2.05, 4.69) is 38.0 Å². The summed E-state index contributed by atoms with van der Waals surface area (Å²) >= 11 is 14.9. The first-order valence-electron chi connectivity index (χ1n) is 7.33. The van der Waals surface area contributed by atoms with Gasteiger partial charge in [-0.2, -0.15) is 13.2 Å². The molecular weight excluding hydrogens is 456 g/mol. The van der Waals surface area contributed by atoms with Crippen molar-refractivity contribution in [2.45, 2.75) is 25.4 Å². The number of rotatable bonds is 4. The molecule has 26 heavy (non-hydrogen) atoms. The number of alkyl halides is 3. The molecule has 0 unspecified atom stereocenters. The van der Waals surface area contributed by atoms with E-state index in [0.717, 1.165) is 17.7 Å². The summed E-state index contributed by atoms with van der Waals surface area (Å²) in [5.41, 5.74) is 0.143. The minimum absolute atomic E-state index is 0.0772. The fourth-order valence-corrected chi connectivity index (χ4v) is 2.94. The Morgan fingerprint density at radius 2 is 1.92 bits per heavy atom. The molecule has 0 N–H and O–H groups in total. The topological polar surface area (TPSA) is 35.0 Å². The molecule has 0 aliphatic carbocycles. The zero-order valence-corrected chi connectivity index (χ0v) is 16.5. The fourth-order valence-electron chi connectivity index (χ4n) is 2.09. The molecule has 0 fully saturated rings. The van der Waals surface area contributed by atoms with Crippen LogP contribution in [0, 0.1) is 11.8 Å². The van der Waals surface area contributed by atoms with Gasteiger partial charge in [-0.25, -0.2) is 0 Å². The maximum atomic E-state index is 13.0. The van der Waals surface area contributed by atoms with Gasteiger partial charge in [0.05, 0.1) is 17.1 Å². The Morgan fingerprint density at radius 1 is 1.19 bits per heavy atom. The van der Waals surface area contributed by atoms with E-state index in [0.29, 0.717) is 23.7 Å². The third kappa shape index (κ3) is 5.50. The fraction of sp³-hybridized carbons (Fsp3) is 0.294. The first kappa shape index (κ1) is 20.8. The highest BCUT2D eigenvalue weighted by Crippen LogP contribution is 2.37. The lowest BCUT2D eigenvalue weighted by molar-refractivity contribution is -0.137. The van der Waals surface area contributed by atoms with Gasteiger partial charge in [0, 0.05) is 12.0 Å². The first-order chi connectivity index (χ1) is 12.2. The summed E-state index contributed by atoms with van der Waals surface area (Å²) in [5.74, 6) is 5.69. The Kier molecular flexibility index (Phi) is 7.16. The molecule has 0 amide bonds. The SMILES string of the molecule is COc1cc(C(F)(F)F)cc(C#CCCCc2cc(Cl)nnc2Cl)c1Br. The van der Waals surface area contributed by atoms with Crippen molar-refractivity contribution in [1.29, 1.82) is 0 Å². The number of aryl methyl sites for hydroxylation is 1. The number of hydrogen-bond acceptors (Lipinski definition) is 3. The zero-order valence-electron chi connectivity index (χ0n) is 13.4. The molecule has 0 aliphatic rings. The van der Waals surface area contributed by atoms with Gasteiger partial charge < -0.3 is 4.74 Å². The van der Waals surface area contributed by atoms with Crippen molar-refractivity contribution in [2.75, 3.05) is 7.11 Å². The second-order valence-corrected chi connectivity index (χ2v) is 6.71. The maximum Gasteiger partial charge on any atom is 0.416 e. The van der Waals surface area contributed by atoms with E-state index in [1.165, 1.54) is 7.11 Å². The van der Waals surface area contributed by atoms with E-state index in [-0.39, 0.29) is 21.6 Å². The summed E-state index contributed by atoms with van der Waals surface area (Å²) in [7, 11) is 1.30. The molecule has 0 aliphatic heterocycles. The summed E-state index contributed by atoms with van der Waals surface area (Å²) < 4.78 is 44.3. The van der Waals surface area contributed by atoms with Gasteiger partial charge in [0.25, 0.3) is 0 Å². The minimum Gasteiger partial charge on any atom is -0.496 e. The zero-order chi connectivity index (χ0) is 19.3. The smallest absolute Gasteiger partial charge is 0.416 e. The molecule has 1 heterocycles. The third-order valence-corrected chi connectivity index (χ3v) is 4.67. The lowest BCUT2D eigenvalue weighted by Crippen LogP contribution is -2.06. The number of ether oxygens (including phenoxy) is 1. The summed E-state index contributed by atoms with van der Waals surface area (Å²) in [6, 6.07) is 3.54. The second kappa shape index (κ2) is 8.94. The van der Waals surface area contributed by atoms with Crippen LogP contribution in [-0.4, -0.2) is 17.3 Å². The van der Waals surface area contributed by atoms with Gasteiger partial charge in [0.2, 0.25) is 0 Å². The Balaban J connectivity index is 2.10. The number of halogens is 6. The molecule has 0 atom stereocenters. The van der Waals surface area contributed by atoms with Crippen molar-refractivity contribution in [3.63, 3.8) is 0 Å². The monoisotopic (exact) mass is 466 g/mol. The van der Waals surface area contributed by atoms with Crippen LogP contribution in [0.4, 0.5) is 13.2 Å². The van der Waals surface area contributed by atoms with Gasteiger partial charge in [0.15, 0.2) is 10.3 Å². The van der Waals surface area contributed by atoms with Crippen LogP contribution in [0.2, 0.25) is 10.3 Å². The van der Waals surface area contributed by atoms with Gasteiger partial charge in [-0.3, -0.25) is 0 Å². The van der Waals surface area contributed by atoms with Gasteiger partial charge in [-0.05, 0) is 52.5 Å². The quantitative estimate of drug-likeness (QED) is 0.411. The summed E-state index contributed by atoms with van der Waals surface area (Å²) in [5, 5.41) is 7.85. The Hall–Kier alpha value is -1.49. The molecule has 9 heteroatoms. The molecule has 0 spiro atoms. The highest BCUT2D eigenvalue weighted by molar-refractivity contribution is 9.10. The van der Waals surface area contributed by atoms with Gasteiger partial charge in [-0.15, -0.1) is 10.2 Å². The number of nitrogens with zero attached hydrogens (tertiary/aromatic N) is 2. The molecule has 0 saturated carbocycles. The maximum absolute atomic E-state index is 13.0. The van der Waals surface area contributed by atoms with E-state index in [9.17, 15) is 13.2 Å². The molecule has 1 aromatic carbocycles. The van der Waals surface area contributed by atoms with E-state index < -0.39 is 11.7 Å². The molecule has 3 nitrogen and oxygen atoms in total. The number of unbranched alkanes of at least 4 members (excludes halogenated alkanes) is 1. The third-order valence-electron chi connectivity index (χ3n) is 3.35. The van der Waals surface area contributed by atoms with Crippen LogP contribution in [-0.2, 0) is 12.6 Å². The van der Waals surface area contributed by atoms with Crippen molar-refractivity contribution in [3.05, 3.63) is 49.7 Å². The average molecular weight is 468 g/mol. The van der Waals surface area contributed by atoms with E-state index in [4.69, 9.17) is 27.9 Å². The van der Waals surface area contributed by atoms with Crippen molar-refractivity contribution >= 4 is 39.1 Å². The second-order valence-electron chi connectivity index (χ2n) is 5.18. The first-order valence-corrected chi connectivity index (χ1v) is 8.88. The molecule has 1 aromatic heterocycles. The minimum atomic E-state index is -4.48. The van der Waals surface area contributed by atoms with E-state index >= 15 is 0 Å². The number of benzene rings is 1. The Morgan fingerprint density at radius 3 is 2.58 bits per heavy atom. The summed E-state index contributed by atoms with van der Waals surface area (Å²) in [6.07, 6.45) is -2.80. The lowest BCUT2D eigenvalue weighted by atomic mass is 10.1. The summed E-state index contributed by atoms with van der Waals surface area (Å²) in [6.45, 7) is 0. The molecular formula is C17H12BrCl2F3N2O. The van der Waals surface area contributed by atoms with Crippen LogP contribution in [0.3, 0.4) is 0 Å². The van der Waals surface area contributed by atoms with Crippen LogP contribution >= 0.6 is 39.1 Å². The van der Waals surface area contributed by atoms with Crippen LogP contribution in [0.5, 0.6) is 5.75 Å². The molecule has 0 saturated heterocycles. The van der Waals surface area contributed by atoms with Crippen LogP contribution in [0.25, 0.3) is 0 Å². The Labute approximate surface area is 167 Å². The number of methoxy groups -OCH3 is 1. The standard InChI is InChI=1S/C17H12BrCl2F3N2O/c1-26-13-9-12(17(21,22)23)7-10(15(13)18)5-3-2-4-6-11-8-14(19)24-25-16(11)20/h7-9H,2,4,6H2,1H3. The molecule has 2 rings (SSSR count). The predicted octanol–water partition coefficient (Wildman–Crippen LogP) is 5.95. The molecule has 2 aromatic rings. The van der Waals surface area contributed by atoms with Gasteiger partial charge in [0.1, 0.15) is 5.75 Å². The largest absolute Gasteiger partial charge is 0.496 e. The molecule has 138 valence electrons. The van der Waals surface area contributed by atoms with Crippen molar-refractivity contribution in [3.8, 4) is 17.6 Å². The summed E-state index contributed by atoms with van der Waals surface area (Å²) in [4.78, 5) is 0. The van der Waals surface area contributed by atoms with Crippen molar-refractivity contribution in [2.24, 2.45) is 0 Å². The van der Waals surface area contributed by atoms with Crippen LogP contribution in [0.15, 0.2) is 22.7 Å². The van der Waals surface area contributed by atoms with Crippen LogP contribution < -0.4 is 4.74 Å². The average Bonchev–Trinajstić information content (AvgIpc) is 2.57. The predicted molar refractivity (Wildman–Crippen MR) is 97.6 cm³/mol. The van der Waals surface area contributed by atoms with E-state index in [1.807, 2.05) is 0 Å². The molecule has 0 radical (unpaired) electrons. The van der Waals surface area contributed by atoms with Gasteiger partial charge >= 0.3 is 6.18 Å². The normalized spacial score (nSPS) is 11.0. The number of hydrogen-bond donors (Lipinski definition) is 0. The molecule has 0 bridgehead atoms. The highest BCUT2D eigenvalue weighted by Gasteiger charge is 2.32. The van der Waals surface area contributed by atoms with Gasteiger partial charge in [-0.1, -0.05) is 35.0 Å². The number of aromatic nitrogens is 2.